The number of nitrogens with zero attached hydrogens (tertiary/aromatic N) is 4. The van der Waals surface area contributed by atoms with Crippen molar-refractivity contribution < 1.29 is 13.9 Å². The summed E-state index contributed by atoms with van der Waals surface area (Å²) in [6.07, 6.45) is 1.63. The average Bonchev–Trinajstić information content (AvgIpc) is 3.60. The van der Waals surface area contributed by atoms with Gasteiger partial charge in [-0.25, -0.2) is 4.98 Å². The Balaban J connectivity index is 1.33. The molecule has 0 radical (unpaired) electrons. The van der Waals surface area contributed by atoms with Crippen molar-refractivity contribution in [3.63, 3.8) is 0 Å². The smallest absolute Gasteiger partial charge is 0.282 e. The molecule has 222 valence electrons. The Morgan fingerprint density at radius 3 is 2.53 bits per heavy atom. The number of rotatable bonds is 7. The summed E-state index contributed by atoms with van der Waals surface area (Å²) >= 11 is 5.99. The minimum Gasteiger partial charge on any atom is -0.496 e. The molecule has 7 rings (SSSR count). The van der Waals surface area contributed by atoms with Gasteiger partial charge in [0.25, 0.3) is 5.56 Å². The van der Waals surface area contributed by atoms with E-state index in [4.69, 9.17) is 30.8 Å². The van der Waals surface area contributed by atoms with Gasteiger partial charge in [-0.15, -0.1) is 0 Å². The van der Waals surface area contributed by atoms with Gasteiger partial charge < -0.3 is 19.0 Å². The van der Waals surface area contributed by atoms with Crippen LogP contribution in [0, 0.1) is 6.92 Å². The van der Waals surface area contributed by atoms with Gasteiger partial charge in [0.15, 0.2) is 5.76 Å². The molecule has 0 atom stereocenters. The summed E-state index contributed by atoms with van der Waals surface area (Å²) in [6, 6.07) is 29.1. The van der Waals surface area contributed by atoms with Crippen LogP contribution in [-0.2, 0) is 11.3 Å². The van der Waals surface area contributed by atoms with Gasteiger partial charge >= 0.3 is 0 Å². The van der Waals surface area contributed by atoms with Crippen LogP contribution in [0.25, 0.3) is 44.4 Å². The van der Waals surface area contributed by atoms with E-state index in [0.717, 1.165) is 27.5 Å². The van der Waals surface area contributed by atoms with E-state index < -0.39 is 0 Å². The first-order valence-electron chi connectivity index (χ1n) is 14.2. The highest BCUT2D eigenvalue weighted by Gasteiger charge is 2.19. The van der Waals surface area contributed by atoms with Gasteiger partial charge in [0, 0.05) is 32.9 Å². The predicted octanol–water partition coefficient (Wildman–Crippen LogP) is 7.26. The molecule has 0 aliphatic heterocycles. The van der Waals surface area contributed by atoms with Gasteiger partial charge in [-0.3, -0.25) is 9.59 Å². The van der Waals surface area contributed by atoms with Gasteiger partial charge in [-0.2, -0.15) is 9.78 Å². The third-order valence-corrected chi connectivity index (χ3v) is 7.98. The number of hydrogen-bond acceptors (Lipinski definition) is 6. The number of methoxy groups -OCH3 is 1. The largest absolute Gasteiger partial charge is 0.496 e. The fourth-order valence-electron chi connectivity index (χ4n) is 5.53. The molecule has 0 saturated heterocycles. The second-order valence-corrected chi connectivity index (χ2v) is 10.9. The maximum atomic E-state index is 13.9. The Kier molecular flexibility index (Phi) is 7.15. The second kappa shape index (κ2) is 11.4. The van der Waals surface area contributed by atoms with Gasteiger partial charge in [0.2, 0.25) is 11.7 Å². The highest BCUT2D eigenvalue weighted by atomic mass is 35.5. The number of furan rings is 1. The molecule has 3 heterocycles. The lowest BCUT2D eigenvalue weighted by molar-refractivity contribution is -0.116. The topological polar surface area (TPSA) is 104 Å². The second-order valence-electron chi connectivity index (χ2n) is 10.5. The molecule has 0 bridgehead atoms. The normalized spacial score (nSPS) is 11.6. The number of nitrogens with one attached hydrogen (secondary N) is 1. The average molecular weight is 616 g/mol. The first-order chi connectivity index (χ1) is 21.9. The van der Waals surface area contributed by atoms with E-state index in [-0.39, 0.29) is 23.8 Å². The summed E-state index contributed by atoms with van der Waals surface area (Å²) in [7, 11) is 1.59. The SMILES string of the molecule is COc1cccc2oc(-c3nc4ccccc4c(=O)n3N=Cc3c(C)n(CC(=O)Nc4ccc(Cl)cc4)c4ccccc34)cc12. The van der Waals surface area contributed by atoms with Crippen LogP contribution in [0.1, 0.15) is 11.3 Å². The predicted molar refractivity (Wildman–Crippen MR) is 178 cm³/mol. The maximum absolute atomic E-state index is 13.9. The molecule has 1 N–H and O–H groups in total. The molecule has 0 aliphatic carbocycles. The van der Waals surface area contributed by atoms with E-state index in [1.165, 1.54) is 4.68 Å². The summed E-state index contributed by atoms with van der Waals surface area (Å²) in [5, 5.41) is 10.3. The third kappa shape index (κ3) is 5.13. The maximum Gasteiger partial charge on any atom is 0.282 e. The quantitative estimate of drug-likeness (QED) is 0.190. The minimum absolute atomic E-state index is 0.0758. The summed E-state index contributed by atoms with van der Waals surface area (Å²) in [6.45, 7) is 2.00. The highest BCUT2D eigenvalue weighted by Crippen LogP contribution is 2.33. The van der Waals surface area contributed by atoms with Crippen molar-refractivity contribution in [1.29, 1.82) is 0 Å². The van der Waals surface area contributed by atoms with Crippen LogP contribution in [0.4, 0.5) is 5.69 Å². The molecule has 0 saturated carbocycles. The van der Waals surface area contributed by atoms with Gasteiger partial charge in [0.1, 0.15) is 17.9 Å². The van der Waals surface area contributed by atoms with Gasteiger partial charge in [-0.1, -0.05) is 48.0 Å². The van der Waals surface area contributed by atoms with Crippen LogP contribution >= 0.6 is 11.6 Å². The van der Waals surface area contributed by atoms with Crippen molar-refractivity contribution in [3.8, 4) is 17.3 Å². The van der Waals surface area contributed by atoms with E-state index in [1.807, 2.05) is 60.0 Å². The summed E-state index contributed by atoms with van der Waals surface area (Å²) in [4.78, 5) is 31.7. The van der Waals surface area contributed by atoms with Crippen molar-refractivity contribution >= 4 is 62.2 Å². The number of aromatic nitrogens is 3. The highest BCUT2D eigenvalue weighted by molar-refractivity contribution is 6.30. The van der Waals surface area contributed by atoms with Crippen LogP contribution in [-0.4, -0.2) is 33.5 Å². The number of fused-ring (bicyclic) bond motifs is 3. The molecular formula is C35H26ClN5O4. The number of carbonyl (C=O) groups excluding carboxylic acids is 1. The van der Waals surface area contributed by atoms with Crippen molar-refractivity contribution in [1.82, 2.24) is 14.2 Å². The molecule has 10 heteroatoms. The molecule has 45 heavy (non-hydrogen) atoms. The standard InChI is InChI=1S/C35H26ClN5O4/c1-21-27(24-8-4-6-11-29(24)40(21)20-33(42)38-23-16-14-22(36)15-17-23)19-37-41-34(39-28-10-5-3-9-25(28)35(41)43)32-18-26-30(44-2)12-7-13-31(26)45-32/h3-19H,20H2,1-2H3,(H,38,42). The molecule has 0 unspecified atom stereocenters. The van der Waals surface area contributed by atoms with E-state index in [2.05, 4.69) is 5.32 Å². The lowest BCUT2D eigenvalue weighted by Crippen LogP contribution is -2.20. The van der Waals surface area contributed by atoms with Gasteiger partial charge in [0.05, 0.1) is 29.6 Å². The van der Waals surface area contributed by atoms with Crippen LogP contribution in [0.5, 0.6) is 5.75 Å². The Bertz CT molecular complexity index is 2330. The number of carbonyl (C=O) groups is 1. The van der Waals surface area contributed by atoms with E-state index in [1.54, 1.807) is 61.9 Å². The zero-order chi connectivity index (χ0) is 31.1. The third-order valence-electron chi connectivity index (χ3n) is 7.73. The van der Waals surface area contributed by atoms with Crippen molar-refractivity contribution in [3.05, 3.63) is 124 Å². The van der Waals surface area contributed by atoms with E-state index >= 15 is 0 Å². The molecule has 1 amide bonds. The monoisotopic (exact) mass is 615 g/mol. The number of ether oxygens (including phenoxy) is 1. The Morgan fingerprint density at radius 1 is 0.978 bits per heavy atom. The summed E-state index contributed by atoms with van der Waals surface area (Å²) in [5.74, 6) is 1.07. The van der Waals surface area contributed by atoms with E-state index in [9.17, 15) is 9.59 Å². The van der Waals surface area contributed by atoms with Crippen molar-refractivity contribution in [2.75, 3.05) is 12.4 Å². The molecular weight excluding hydrogens is 590 g/mol. The Morgan fingerprint density at radius 2 is 1.73 bits per heavy atom. The first kappa shape index (κ1) is 28.1. The fourth-order valence-corrected chi connectivity index (χ4v) is 5.66. The first-order valence-corrected chi connectivity index (χ1v) is 14.6. The summed E-state index contributed by atoms with van der Waals surface area (Å²) in [5.41, 5.74) is 3.86. The Labute approximate surface area is 261 Å². The zero-order valence-corrected chi connectivity index (χ0v) is 25.1. The number of anilines is 1. The fraction of sp³-hybridized carbons (Fsp3) is 0.0857. The molecule has 0 fully saturated rings. The number of amides is 1. The number of para-hydroxylation sites is 2. The molecule has 9 nitrogen and oxygen atoms in total. The molecule has 0 aliphatic rings. The number of halogens is 1. The minimum atomic E-state index is -0.344. The zero-order valence-electron chi connectivity index (χ0n) is 24.3. The molecule has 3 aromatic heterocycles. The lowest BCUT2D eigenvalue weighted by atomic mass is 10.1. The Hall–Kier alpha value is -5.67. The van der Waals surface area contributed by atoms with Crippen molar-refractivity contribution in [2.24, 2.45) is 5.10 Å². The van der Waals surface area contributed by atoms with Gasteiger partial charge in [-0.05, 0) is 67.6 Å². The van der Waals surface area contributed by atoms with Crippen molar-refractivity contribution in [2.45, 2.75) is 13.5 Å². The number of hydrogen-bond donors (Lipinski definition) is 1. The van der Waals surface area contributed by atoms with Crippen LogP contribution < -0.4 is 15.6 Å². The van der Waals surface area contributed by atoms with Crippen LogP contribution in [0.3, 0.4) is 0 Å². The van der Waals surface area contributed by atoms with E-state index in [0.29, 0.717) is 38.7 Å². The molecule has 7 aromatic rings. The molecule has 0 spiro atoms. The summed E-state index contributed by atoms with van der Waals surface area (Å²) < 4.78 is 14.9. The number of benzene rings is 4. The lowest BCUT2D eigenvalue weighted by Gasteiger charge is -2.10. The van der Waals surface area contributed by atoms with Crippen LogP contribution in [0.15, 0.2) is 111 Å². The molecule has 4 aromatic carbocycles. The van der Waals surface area contributed by atoms with Crippen LogP contribution in [0.2, 0.25) is 5.02 Å².